The molecule has 1 aromatic heterocycles. The minimum Gasteiger partial charge on any atom is -0.468 e. The summed E-state index contributed by atoms with van der Waals surface area (Å²) < 4.78 is 9.19. The van der Waals surface area contributed by atoms with Crippen molar-refractivity contribution in [2.75, 3.05) is 27.3 Å². The van der Waals surface area contributed by atoms with Gasteiger partial charge < -0.3 is 9.47 Å². The average Bonchev–Trinajstić information content (AvgIpc) is 2.74. The van der Waals surface area contributed by atoms with E-state index in [1.165, 1.54) is 25.6 Å². The van der Waals surface area contributed by atoms with Gasteiger partial charge in [0.1, 0.15) is 0 Å². The third-order valence-electron chi connectivity index (χ3n) is 2.21. The first-order valence-corrected chi connectivity index (χ1v) is 6.14. The minimum atomic E-state index is -0.389. The van der Waals surface area contributed by atoms with Gasteiger partial charge in [-0.05, 0) is 6.92 Å². The predicted molar refractivity (Wildman–Crippen MR) is 66.2 cm³/mol. The quantitative estimate of drug-likeness (QED) is 0.706. The van der Waals surface area contributed by atoms with Gasteiger partial charge in [-0.3, -0.25) is 14.5 Å². The molecule has 0 saturated heterocycles. The second-order valence-electron chi connectivity index (χ2n) is 3.64. The smallest absolute Gasteiger partial charge is 0.319 e. The van der Waals surface area contributed by atoms with Crippen molar-refractivity contribution >= 4 is 23.3 Å². The van der Waals surface area contributed by atoms with Gasteiger partial charge in [0.25, 0.3) is 0 Å². The van der Waals surface area contributed by atoms with Crippen LogP contribution in [0.1, 0.15) is 9.88 Å². The number of rotatable bonds is 6. The highest BCUT2D eigenvalue weighted by Gasteiger charge is 2.16. The van der Waals surface area contributed by atoms with E-state index >= 15 is 0 Å². The second kappa shape index (κ2) is 7.07. The van der Waals surface area contributed by atoms with Crippen molar-refractivity contribution < 1.29 is 19.1 Å². The molecule has 0 radical (unpaired) electrons. The Morgan fingerprint density at radius 2 is 1.83 bits per heavy atom. The maximum atomic E-state index is 11.3. The monoisotopic (exact) mass is 272 g/mol. The number of hydrogen-bond acceptors (Lipinski definition) is 7. The van der Waals surface area contributed by atoms with Crippen molar-refractivity contribution in [1.29, 1.82) is 0 Å². The highest BCUT2D eigenvalue weighted by Crippen LogP contribution is 2.14. The van der Waals surface area contributed by atoms with Gasteiger partial charge in [-0.25, -0.2) is 4.98 Å². The first kappa shape index (κ1) is 14.6. The molecular weight excluding hydrogens is 256 g/mol. The number of esters is 2. The van der Waals surface area contributed by atoms with Crippen molar-refractivity contribution in [2.24, 2.45) is 0 Å². The number of nitrogens with zero attached hydrogens (tertiary/aromatic N) is 2. The first-order chi connectivity index (χ1) is 8.55. The Morgan fingerprint density at radius 3 is 2.22 bits per heavy atom. The van der Waals surface area contributed by atoms with Gasteiger partial charge >= 0.3 is 11.9 Å². The molecule has 0 N–H and O–H groups in total. The number of carbonyl (C=O) groups is 2. The van der Waals surface area contributed by atoms with Crippen molar-refractivity contribution in [2.45, 2.75) is 13.5 Å². The maximum absolute atomic E-state index is 11.3. The van der Waals surface area contributed by atoms with Gasteiger partial charge in [0.05, 0.1) is 32.3 Å². The van der Waals surface area contributed by atoms with E-state index < -0.39 is 0 Å². The van der Waals surface area contributed by atoms with Crippen LogP contribution in [-0.2, 0) is 25.6 Å². The van der Waals surface area contributed by atoms with Gasteiger partial charge in [-0.2, -0.15) is 0 Å². The van der Waals surface area contributed by atoms with Crippen molar-refractivity contribution in [3.63, 3.8) is 0 Å². The van der Waals surface area contributed by atoms with E-state index in [0.29, 0.717) is 6.54 Å². The topological polar surface area (TPSA) is 68.7 Å². The highest BCUT2D eigenvalue weighted by atomic mass is 32.1. The summed E-state index contributed by atoms with van der Waals surface area (Å²) in [6.07, 6.45) is 1.74. The molecule has 0 amide bonds. The number of aryl methyl sites for hydroxylation is 1. The lowest BCUT2D eigenvalue weighted by molar-refractivity contribution is -0.145. The number of methoxy groups -OCH3 is 2. The van der Waals surface area contributed by atoms with Crippen LogP contribution in [0.25, 0.3) is 0 Å². The Kier molecular flexibility index (Phi) is 5.73. The molecule has 0 bridgehead atoms. The number of hydrogen-bond donors (Lipinski definition) is 0. The lowest BCUT2D eigenvalue weighted by Gasteiger charge is -2.18. The van der Waals surface area contributed by atoms with Crippen LogP contribution in [0.4, 0.5) is 0 Å². The van der Waals surface area contributed by atoms with Gasteiger partial charge in [0, 0.05) is 17.6 Å². The fourth-order valence-electron chi connectivity index (χ4n) is 1.36. The Balaban J connectivity index is 2.64. The summed E-state index contributed by atoms with van der Waals surface area (Å²) in [6.45, 7) is 2.46. The fraction of sp³-hybridized carbons (Fsp3) is 0.545. The molecule has 0 aliphatic heterocycles. The number of thiazole rings is 1. The summed E-state index contributed by atoms with van der Waals surface area (Å²) in [5.41, 5.74) is 0. The first-order valence-electron chi connectivity index (χ1n) is 5.32. The molecule has 1 heterocycles. The molecule has 0 saturated carbocycles. The molecule has 0 aromatic carbocycles. The third kappa shape index (κ3) is 4.80. The summed E-state index contributed by atoms with van der Waals surface area (Å²) in [5, 5.41) is 0.945. The molecule has 100 valence electrons. The number of aromatic nitrogens is 1. The van der Waals surface area contributed by atoms with Crippen LogP contribution in [0, 0.1) is 6.92 Å². The molecule has 0 unspecified atom stereocenters. The van der Waals surface area contributed by atoms with E-state index in [1.807, 2.05) is 6.92 Å². The maximum Gasteiger partial charge on any atom is 0.319 e. The lowest BCUT2D eigenvalue weighted by atomic mass is 10.4. The third-order valence-corrected chi connectivity index (χ3v) is 3.11. The van der Waals surface area contributed by atoms with Crippen LogP contribution in [-0.4, -0.2) is 49.1 Å². The molecule has 18 heavy (non-hydrogen) atoms. The SMILES string of the molecule is COC(=O)CN(CC(=O)OC)Cc1cnc(C)s1. The predicted octanol–water partition coefficient (Wildman–Crippen LogP) is 0.600. The Labute approximate surface area is 110 Å². The zero-order chi connectivity index (χ0) is 13.5. The molecule has 0 aliphatic rings. The number of carbonyl (C=O) groups excluding carboxylic acids is 2. The van der Waals surface area contributed by atoms with Crippen LogP contribution >= 0.6 is 11.3 Å². The lowest BCUT2D eigenvalue weighted by Crippen LogP contribution is -2.34. The minimum absolute atomic E-state index is 0.0442. The van der Waals surface area contributed by atoms with Gasteiger partial charge in [0.15, 0.2) is 0 Å². The molecule has 0 fully saturated rings. The normalized spacial score (nSPS) is 10.4. The van der Waals surface area contributed by atoms with E-state index in [1.54, 1.807) is 11.1 Å². The van der Waals surface area contributed by atoms with Gasteiger partial charge in [0.2, 0.25) is 0 Å². The van der Waals surface area contributed by atoms with Crippen LogP contribution < -0.4 is 0 Å². The van der Waals surface area contributed by atoms with E-state index in [4.69, 9.17) is 0 Å². The summed E-state index contributed by atoms with van der Waals surface area (Å²) in [4.78, 5) is 29.3. The highest BCUT2D eigenvalue weighted by molar-refractivity contribution is 7.11. The molecule has 0 spiro atoms. The summed E-state index contributed by atoms with van der Waals surface area (Å²) in [6, 6.07) is 0. The molecule has 6 nitrogen and oxygen atoms in total. The van der Waals surface area contributed by atoms with E-state index in [2.05, 4.69) is 14.5 Å². The van der Waals surface area contributed by atoms with Crippen LogP contribution in [0.3, 0.4) is 0 Å². The van der Waals surface area contributed by atoms with Crippen molar-refractivity contribution in [3.05, 3.63) is 16.1 Å². The van der Waals surface area contributed by atoms with E-state index in [0.717, 1.165) is 9.88 Å². The fourth-order valence-corrected chi connectivity index (χ4v) is 2.20. The molecule has 1 aromatic rings. The van der Waals surface area contributed by atoms with Gasteiger partial charge in [-0.1, -0.05) is 0 Å². The van der Waals surface area contributed by atoms with Crippen molar-refractivity contribution in [1.82, 2.24) is 9.88 Å². The molecule has 0 atom stereocenters. The average molecular weight is 272 g/mol. The molecule has 0 aliphatic carbocycles. The Bertz CT molecular complexity index is 401. The van der Waals surface area contributed by atoms with Crippen LogP contribution in [0.2, 0.25) is 0 Å². The summed E-state index contributed by atoms with van der Waals surface area (Å²) in [5.74, 6) is -0.778. The largest absolute Gasteiger partial charge is 0.468 e. The second-order valence-corrected chi connectivity index (χ2v) is 4.96. The van der Waals surface area contributed by atoms with Crippen LogP contribution in [0.15, 0.2) is 6.20 Å². The van der Waals surface area contributed by atoms with Crippen LogP contribution in [0.5, 0.6) is 0 Å². The molecular formula is C11H16N2O4S. The Hall–Kier alpha value is -1.47. The van der Waals surface area contributed by atoms with E-state index in [-0.39, 0.29) is 25.0 Å². The summed E-state index contributed by atoms with van der Waals surface area (Å²) in [7, 11) is 2.63. The molecule has 1 rings (SSSR count). The summed E-state index contributed by atoms with van der Waals surface area (Å²) >= 11 is 1.53. The zero-order valence-electron chi connectivity index (χ0n) is 10.6. The zero-order valence-corrected chi connectivity index (χ0v) is 11.5. The number of ether oxygens (including phenoxy) is 2. The Morgan fingerprint density at radius 1 is 1.28 bits per heavy atom. The standard InChI is InChI=1S/C11H16N2O4S/c1-8-12-4-9(18-8)5-13(6-10(14)16-2)7-11(15)17-3/h4H,5-7H2,1-3H3. The van der Waals surface area contributed by atoms with Crippen molar-refractivity contribution in [3.8, 4) is 0 Å². The van der Waals surface area contributed by atoms with Gasteiger partial charge in [-0.15, -0.1) is 11.3 Å². The van der Waals surface area contributed by atoms with E-state index in [9.17, 15) is 9.59 Å². The molecule has 7 heteroatoms.